The van der Waals surface area contributed by atoms with Gasteiger partial charge in [0.2, 0.25) is 0 Å². The Morgan fingerprint density at radius 3 is 2.55 bits per heavy atom. The minimum absolute atomic E-state index is 0.606. The Balaban J connectivity index is 2.18. The van der Waals surface area contributed by atoms with Gasteiger partial charge in [0, 0.05) is 11.3 Å². The van der Waals surface area contributed by atoms with Crippen LogP contribution >= 0.6 is 11.6 Å². The minimum atomic E-state index is 0.606. The Morgan fingerprint density at radius 2 is 1.85 bits per heavy atom. The number of nitrogen functional groups attached to an aromatic ring is 1. The second kappa shape index (κ2) is 4.94. The fraction of sp³-hybridized carbons (Fsp3) is 0.0714. The lowest BCUT2D eigenvalue weighted by atomic mass is 10.1. The first-order valence-corrected chi connectivity index (χ1v) is 6.44. The molecule has 0 unspecified atom stereocenters. The van der Waals surface area contributed by atoms with E-state index in [1.165, 1.54) is 0 Å². The molecular formula is C14H12ClN5. The molecule has 0 amide bonds. The molecule has 0 bridgehead atoms. The van der Waals surface area contributed by atoms with Crippen LogP contribution in [0, 0.1) is 6.92 Å². The molecule has 0 saturated carbocycles. The molecular weight excluding hydrogens is 274 g/mol. The van der Waals surface area contributed by atoms with Gasteiger partial charge in [0.15, 0.2) is 5.82 Å². The van der Waals surface area contributed by atoms with Crippen LogP contribution in [0.5, 0.6) is 0 Å². The normalized spacial score (nSPS) is 10.7. The molecule has 2 aromatic carbocycles. The van der Waals surface area contributed by atoms with Crippen molar-refractivity contribution in [2.75, 3.05) is 5.73 Å². The third-order valence-electron chi connectivity index (χ3n) is 3.04. The van der Waals surface area contributed by atoms with E-state index in [-0.39, 0.29) is 0 Å². The third kappa shape index (κ3) is 2.12. The van der Waals surface area contributed by atoms with Crippen LogP contribution in [-0.2, 0) is 0 Å². The molecule has 0 fully saturated rings. The van der Waals surface area contributed by atoms with Crippen LogP contribution in [0.25, 0.3) is 17.1 Å². The van der Waals surface area contributed by atoms with Gasteiger partial charge in [-0.15, -0.1) is 5.10 Å². The van der Waals surface area contributed by atoms with Crippen LogP contribution in [0.2, 0.25) is 5.02 Å². The number of aromatic nitrogens is 4. The molecule has 2 N–H and O–H groups in total. The molecule has 3 rings (SSSR count). The van der Waals surface area contributed by atoms with Gasteiger partial charge in [-0.2, -0.15) is 4.68 Å². The first-order chi connectivity index (χ1) is 9.66. The molecule has 6 heteroatoms. The Kier molecular flexibility index (Phi) is 3.12. The van der Waals surface area contributed by atoms with Gasteiger partial charge in [-0.3, -0.25) is 0 Å². The van der Waals surface area contributed by atoms with Crippen LogP contribution in [0.15, 0.2) is 42.5 Å². The molecule has 0 aliphatic heterocycles. The predicted octanol–water partition coefficient (Wildman–Crippen LogP) is 2.87. The highest BCUT2D eigenvalue weighted by Crippen LogP contribution is 2.27. The van der Waals surface area contributed by atoms with Crippen LogP contribution < -0.4 is 5.73 Å². The van der Waals surface area contributed by atoms with Gasteiger partial charge < -0.3 is 5.73 Å². The first kappa shape index (κ1) is 12.6. The van der Waals surface area contributed by atoms with E-state index in [4.69, 9.17) is 17.3 Å². The summed E-state index contributed by atoms with van der Waals surface area (Å²) in [5.41, 5.74) is 9.06. The van der Waals surface area contributed by atoms with E-state index in [1.807, 2.05) is 49.4 Å². The first-order valence-electron chi connectivity index (χ1n) is 6.06. The van der Waals surface area contributed by atoms with E-state index in [9.17, 15) is 0 Å². The lowest BCUT2D eigenvalue weighted by Gasteiger charge is -2.09. The Labute approximate surface area is 121 Å². The van der Waals surface area contributed by atoms with E-state index >= 15 is 0 Å². The summed E-state index contributed by atoms with van der Waals surface area (Å²) >= 11 is 6.27. The number of benzene rings is 2. The van der Waals surface area contributed by atoms with Gasteiger partial charge in [-0.1, -0.05) is 23.7 Å². The fourth-order valence-electron chi connectivity index (χ4n) is 2.04. The highest BCUT2D eigenvalue weighted by atomic mass is 35.5. The summed E-state index contributed by atoms with van der Waals surface area (Å²) in [6.45, 7) is 1.97. The standard InChI is InChI=1S/C14H12ClN5/c1-9-3-2-4-12(15)13(9)20-14(17-18-19-20)10-5-7-11(16)8-6-10/h2-8H,16H2,1H3. The quantitative estimate of drug-likeness (QED) is 0.735. The number of nitrogens with two attached hydrogens (primary N) is 1. The summed E-state index contributed by atoms with van der Waals surface area (Å²) in [7, 11) is 0. The number of rotatable bonds is 2. The van der Waals surface area contributed by atoms with Gasteiger partial charge in [0.1, 0.15) is 0 Å². The average molecular weight is 286 g/mol. The molecule has 5 nitrogen and oxygen atoms in total. The molecule has 0 saturated heterocycles. The third-order valence-corrected chi connectivity index (χ3v) is 3.34. The summed E-state index contributed by atoms with van der Waals surface area (Å²) in [5, 5.41) is 12.5. The van der Waals surface area contributed by atoms with Crippen molar-refractivity contribution in [3.05, 3.63) is 53.1 Å². The summed E-state index contributed by atoms with van der Waals surface area (Å²) < 4.78 is 1.64. The maximum atomic E-state index is 6.27. The largest absolute Gasteiger partial charge is 0.399 e. The molecule has 0 aliphatic rings. The zero-order valence-electron chi connectivity index (χ0n) is 10.8. The topological polar surface area (TPSA) is 69.6 Å². The smallest absolute Gasteiger partial charge is 0.187 e. The Bertz CT molecular complexity index is 728. The van der Waals surface area contributed by atoms with Crippen LogP contribution in [0.1, 0.15) is 5.56 Å². The summed E-state index contributed by atoms with van der Waals surface area (Å²) in [6, 6.07) is 13.1. The molecule has 0 atom stereocenters. The number of nitrogens with zero attached hydrogens (tertiary/aromatic N) is 4. The lowest BCUT2D eigenvalue weighted by Crippen LogP contribution is -2.03. The van der Waals surface area contributed by atoms with Crippen molar-refractivity contribution in [1.29, 1.82) is 0 Å². The maximum absolute atomic E-state index is 6.27. The number of anilines is 1. The van der Waals surface area contributed by atoms with Crippen molar-refractivity contribution in [3.63, 3.8) is 0 Å². The molecule has 1 heterocycles. The Hall–Kier alpha value is -2.40. The van der Waals surface area contributed by atoms with Gasteiger partial charge in [-0.25, -0.2) is 0 Å². The Morgan fingerprint density at radius 1 is 1.10 bits per heavy atom. The van der Waals surface area contributed by atoms with Crippen LogP contribution in [0.3, 0.4) is 0 Å². The number of hydrogen-bond donors (Lipinski definition) is 1. The molecule has 1 aromatic heterocycles. The van der Waals surface area contributed by atoms with Gasteiger partial charge in [0.25, 0.3) is 0 Å². The summed E-state index contributed by atoms with van der Waals surface area (Å²) in [4.78, 5) is 0. The van der Waals surface area contributed by atoms with Crippen LogP contribution in [-0.4, -0.2) is 20.2 Å². The fourth-order valence-corrected chi connectivity index (χ4v) is 2.34. The number of tetrazole rings is 1. The molecule has 0 aliphatic carbocycles. The number of para-hydroxylation sites is 1. The van der Waals surface area contributed by atoms with Crippen molar-refractivity contribution in [2.24, 2.45) is 0 Å². The lowest BCUT2D eigenvalue weighted by molar-refractivity contribution is 0.787. The zero-order valence-corrected chi connectivity index (χ0v) is 11.5. The minimum Gasteiger partial charge on any atom is -0.399 e. The second-order valence-electron chi connectivity index (χ2n) is 4.44. The molecule has 3 aromatic rings. The highest BCUT2D eigenvalue weighted by molar-refractivity contribution is 6.32. The number of hydrogen-bond acceptors (Lipinski definition) is 4. The van der Waals surface area contributed by atoms with Crippen molar-refractivity contribution < 1.29 is 0 Å². The van der Waals surface area contributed by atoms with E-state index in [0.717, 1.165) is 16.8 Å². The van der Waals surface area contributed by atoms with E-state index in [0.29, 0.717) is 16.5 Å². The molecule has 0 radical (unpaired) electrons. The zero-order chi connectivity index (χ0) is 14.1. The average Bonchev–Trinajstić information content (AvgIpc) is 2.88. The molecule has 100 valence electrons. The van der Waals surface area contributed by atoms with E-state index in [2.05, 4.69) is 15.5 Å². The monoisotopic (exact) mass is 285 g/mol. The second-order valence-corrected chi connectivity index (χ2v) is 4.85. The van der Waals surface area contributed by atoms with Crippen molar-refractivity contribution in [1.82, 2.24) is 20.2 Å². The van der Waals surface area contributed by atoms with Gasteiger partial charge in [0.05, 0.1) is 10.7 Å². The summed E-state index contributed by atoms with van der Waals surface area (Å²) in [6.07, 6.45) is 0. The highest BCUT2D eigenvalue weighted by Gasteiger charge is 2.14. The summed E-state index contributed by atoms with van der Waals surface area (Å²) in [5.74, 6) is 0.626. The predicted molar refractivity (Wildman–Crippen MR) is 78.7 cm³/mol. The van der Waals surface area contributed by atoms with E-state index < -0.39 is 0 Å². The van der Waals surface area contributed by atoms with Crippen LogP contribution in [0.4, 0.5) is 5.69 Å². The van der Waals surface area contributed by atoms with E-state index in [1.54, 1.807) is 4.68 Å². The SMILES string of the molecule is Cc1cccc(Cl)c1-n1nnnc1-c1ccc(N)cc1. The van der Waals surface area contributed by atoms with Crippen molar-refractivity contribution >= 4 is 17.3 Å². The van der Waals surface area contributed by atoms with Crippen molar-refractivity contribution in [2.45, 2.75) is 6.92 Å². The van der Waals surface area contributed by atoms with Gasteiger partial charge >= 0.3 is 0 Å². The number of aryl methyl sites for hydroxylation is 1. The molecule has 20 heavy (non-hydrogen) atoms. The van der Waals surface area contributed by atoms with Crippen molar-refractivity contribution in [3.8, 4) is 17.1 Å². The van der Waals surface area contributed by atoms with Gasteiger partial charge in [-0.05, 0) is 53.2 Å². The number of halogens is 1. The maximum Gasteiger partial charge on any atom is 0.187 e. The molecule has 0 spiro atoms.